The molecule has 0 aromatic heterocycles. The number of morpholine rings is 1. The van der Waals surface area contributed by atoms with Crippen LogP contribution in [-0.2, 0) is 4.74 Å². The Labute approximate surface area is 120 Å². The van der Waals surface area contributed by atoms with Gasteiger partial charge in [0.05, 0.1) is 18.8 Å². The summed E-state index contributed by atoms with van der Waals surface area (Å²) in [6.45, 7) is 8.14. The topological polar surface area (TPSA) is 67.6 Å². The normalized spacial score (nSPS) is 17.7. The summed E-state index contributed by atoms with van der Waals surface area (Å²) in [4.78, 5) is 14.5. The number of nitrogens with two attached hydrogens (primary N) is 1. The van der Waals surface area contributed by atoms with Gasteiger partial charge in [0.15, 0.2) is 0 Å². The number of rotatable bonds is 4. The number of aryl methyl sites for hydroxylation is 1. The zero-order valence-corrected chi connectivity index (χ0v) is 12.2. The highest BCUT2D eigenvalue weighted by Gasteiger charge is 2.17. The first kappa shape index (κ1) is 14.8. The molecule has 1 unspecified atom stereocenters. The molecule has 1 atom stereocenters. The Hall–Kier alpha value is -1.59. The number of carbonyl (C=O) groups is 1. The van der Waals surface area contributed by atoms with Crippen molar-refractivity contribution >= 4 is 11.6 Å². The van der Waals surface area contributed by atoms with Crippen LogP contribution in [-0.4, -0.2) is 49.7 Å². The lowest BCUT2D eigenvalue weighted by molar-refractivity contribution is 0.0342. The number of hydrogen-bond acceptors (Lipinski definition) is 4. The molecular weight excluding hydrogens is 254 g/mol. The second-order valence-electron chi connectivity index (χ2n) is 5.32. The standard InChI is InChI=1S/C15H23N3O2/c1-11-4-3-5-13(14(11)16)15(19)17-12(2)10-18-6-8-20-9-7-18/h3-5,12H,6-10,16H2,1-2H3,(H,17,19). The summed E-state index contributed by atoms with van der Waals surface area (Å²) in [6, 6.07) is 5.61. The van der Waals surface area contributed by atoms with E-state index in [0.717, 1.165) is 38.4 Å². The summed E-state index contributed by atoms with van der Waals surface area (Å²) in [6.07, 6.45) is 0. The van der Waals surface area contributed by atoms with E-state index in [4.69, 9.17) is 10.5 Å². The maximum Gasteiger partial charge on any atom is 0.253 e. The smallest absolute Gasteiger partial charge is 0.253 e. The van der Waals surface area contributed by atoms with Gasteiger partial charge in [-0.1, -0.05) is 12.1 Å². The molecule has 0 saturated carbocycles. The Morgan fingerprint density at radius 2 is 2.15 bits per heavy atom. The number of hydrogen-bond donors (Lipinski definition) is 2. The molecule has 5 nitrogen and oxygen atoms in total. The van der Waals surface area contributed by atoms with Gasteiger partial charge in [-0.3, -0.25) is 9.69 Å². The van der Waals surface area contributed by atoms with E-state index in [0.29, 0.717) is 11.3 Å². The van der Waals surface area contributed by atoms with Crippen molar-refractivity contribution in [2.24, 2.45) is 0 Å². The van der Waals surface area contributed by atoms with E-state index in [1.165, 1.54) is 0 Å². The first-order valence-corrected chi connectivity index (χ1v) is 7.04. The molecule has 1 fully saturated rings. The minimum Gasteiger partial charge on any atom is -0.398 e. The molecule has 1 aliphatic heterocycles. The molecule has 20 heavy (non-hydrogen) atoms. The Kier molecular flexibility index (Phi) is 4.98. The maximum atomic E-state index is 12.2. The van der Waals surface area contributed by atoms with Gasteiger partial charge in [-0.05, 0) is 25.5 Å². The Bertz CT molecular complexity index is 470. The number of benzene rings is 1. The highest BCUT2D eigenvalue weighted by molar-refractivity contribution is 5.99. The first-order valence-electron chi connectivity index (χ1n) is 7.04. The van der Waals surface area contributed by atoms with Crippen LogP contribution >= 0.6 is 0 Å². The molecule has 1 aromatic carbocycles. The number of nitrogens with zero attached hydrogens (tertiary/aromatic N) is 1. The molecule has 5 heteroatoms. The number of nitrogens with one attached hydrogen (secondary N) is 1. The van der Waals surface area contributed by atoms with Crippen molar-refractivity contribution in [3.63, 3.8) is 0 Å². The number of ether oxygens (including phenoxy) is 1. The van der Waals surface area contributed by atoms with Crippen molar-refractivity contribution in [2.75, 3.05) is 38.6 Å². The van der Waals surface area contributed by atoms with Crippen LogP contribution in [0.3, 0.4) is 0 Å². The van der Waals surface area contributed by atoms with Gasteiger partial charge in [-0.15, -0.1) is 0 Å². The van der Waals surface area contributed by atoms with Crippen molar-refractivity contribution in [1.82, 2.24) is 10.2 Å². The summed E-state index contributed by atoms with van der Waals surface area (Å²) in [5, 5.41) is 3.01. The fraction of sp³-hybridized carbons (Fsp3) is 0.533. The highest BCUT2D eigenvalue weighted by Crippen LogP contribution is 2.16. The van der Waals surface area contributed by atoms with Crippen molar-refractivity contribution in [2.45, 2.75) is 19.9 Å². The van der Waals surface area contributed by atoms with E-state index in [2.05, 4.69) is 10.2 Å². The van der Waals surface area contributed by atoms with Gasteiger partial charge in [0.25, 0.3) is 5.91 Å². The zero-order chi connectivity index (χ0) is 14.5. The van der Waals surface area contributed by atoms with Crippen LogP contribution in [0.1, 0.15) is 22.8 Å². The van der Waals surface area contributed by atoms with Gasteiger partial charge in [0.1, 0.15) is 0 Å². The van der Waals surface area contributed by atoms with E-state index >= 15 is 0 Å². The molecule has 0 spiro atoms. The van der Waals surface area contributed by atoms with E-state index in [1.54, 1.807) is 6.07 Å². The predicted molar refractivity (Wildman–Crippen MR) is 79.8 cm³/mol. The number of nitrogen functional groups attached to an aromatic ring is 1. The molecule has 0 radical (unpaired) electrons. The second-order valence-corrected chi connectivity index (χ2v) is 5.32. The van der Waals surface area contributed by atoms with Crippen LogP contribution in [0, 0.1) is 6.92 Å². The number of para-hydroxylation sites is 1. The molecule has 0 bridgehead atoms. The third kappa shape index (κ3) is 3.71. The van der Waals surface area contributed by atoms with E-state index in [1.807, 2.05) is 26.0 Å². The number of amides is 1. The molecule has 1 amide bonds. The highest BCUT2D eigenvalue weighted by atomic mass is 16.5. The van der Waals surface area contributed by atoms with Crippen LogP contribution in [0.15, 0.2) is 18.2 Å². The minimum absolute atomic E-state index is 0.0838. The van der Waals surface area contributed by atoms with Crippen LogP contribution in [0.4, 0.5) is 5.69 Å². The average Bonchev–Trinajstić information content (AvgIpc) is 2.42. The summed E-state index contributed by atoms with van der Waals surface area (Å²) in [7, 11) is 0. The van der Waals surface area contributed by atoms with Gasteiger partial charge in [0, 0.05) is 31.4 Å². The lowest BCUT2D eigenvalue weighted by Crippen LogP contribution is -2.46. The fourth-order valence-corrected chi connectivity index (χ4v) is 2.40. The molecule has 1 aliphatic rings. The quantitative estimate of drug-likeness (QED) is 0.807. The predicted octanol–water partition coefficient (Wildman–Crippen LogP) is 1.03. The van der Waals surface area contributed by atoms with Gasteiger partial charge < -0.3 is 15.8 Å². The number of anilines is 1. The summed E-state index contributed by atoms with van der Waals surface area (Å²) < 4.78 is 5.32. The van der Waals surface area contributed by atoms with Gasteiger partial charge >= 0.3 is 0 Å². The van der Waals surface area contributed by atoms with Crippen molar-refractivity contribution < 1.29 is 9.53 Å². The molecule has 1 saturated heterocycles. The fourth-order valence-electron chi connectivity index (χ4n) is 2.40. The molecule has 3 N–H and O–H groups in total. The summed E-state index contributed by atoms with van der Waals surface area (Å²) >= 11 is 0. The first-order chi connectivity index (χ1) is 9.58. The van der Waals surface area contributed by atoms with E-state index in [-0.39, 0.29) is 11.9 Å². The van der Waals surface area contributed by atoms with Crippen molar-refractivity contribution in [3.05, 3.63) is 29.3 Å². The van der Waals surface area contributed by atoms with Crippen molar-refractivity contribution in [3.8, 4) is 0 Å². The molecule has 1 heterocycles. The Morgan fingerprint density at radius 3 is 2.85 bits per heavy atom. The summed E-state index contributed by atoms with van der Waals surface area (Å²) in [5.74, 6) is -0.105. The van der Waals surface area contributed by atoms with E-state index < -0.39 is 0 Å². The zero-order valence-electron chi connectivity index (χ0n) is 12.2. The Balaban J connectivity index is 1.91. The van der Waals surface area contributed by atoms with Gasteiger partial charge in [-0.25, -0.2) is 0 Å². The largest absolute Gasteiger partial charge is 0.398 e. The van der Waals surface area contributed by atoms with Crippen LogP contribution in [0.25, 0.3) is 0 Å². The minimum atomic E-state index is -0.105. The third-order valence-corrected chi connectivity index (χ3v) is 3.58. The van der Waals surface area contributed by atoms with Crippen LogP contribution in [0.2, 0.25) is 0 Å². The molecule has 1 aromatic rings. The third-order valence-electron chi connectivity index (χ3n) is 3.58. The average molecular weight is 277 g/mol. The molecular formula is C15H23N3O2. The summed E-state index contributed by atoms with van der Waals surface area (Å²) in [5.41, 5.74) is 8.00. The van der Waals surface area contributed by atoms with Gasteiger partial charge in [-0.2, -0.15) is 0 Å². The van der Waals surface area contributed by atoms with Gasteiger partial charge in [0.2, 0.25) is 0 Å². The lowest BCUT2D eigenvalue weighted by atomic mass is 10.1. The van der Waals surface area contributed by atoms with Crippen LogP contribution in [0.5, 0.6) is 0 Å². The maximum absolute atomic E-state index is 12.2. The molecule has 110 valence electrons. The van der Waals surface area contributed by atoms with Crippen molar-refractivity contribution in [1.29, 1.82) is 0 Å². The monoisotopic (exact) mass is 277 g/mol. The second kappa shape index (κ2) is 6.72. The molecule has 0 aliphatic carbocycles. The van der Waals surface area contributed by atoms with Crippen LogP contribution < -0.4 is 11.1 Å². The van der Waals surface area contributed by atoms with E-state index in [9.17, 15) is 4.79 Å². The molecule has 2 rings (SSSR count). The number of carbonyl (C=O) groups excluding carboxylic acids is 1. The Morgan fingerprint density at radius 1 is 1.45 bits per heavy atom. The SMILES string of the molecule is Cc1cccc(C(=O)NC(C)CN2CCOCC2)c1N. The lowest BCUT2D eigenvalue weighted by Gasteiger charge is -2.29.